The van der Waals surface area contributed by atoms with Crippen LogP contribution in [0.15, 0.2) is 41.6 Å². The van der Waals surface area contributed by atoms with Crippen LogP contribution in [0.2, 0.25) is 5.02 Å². The molecule has 2 amide bonds. The normalized spacial score (nSPS) is 24.7. The van der Waals surface area contributed by atoms with E-state index in [1.807, 2.05) is 0 Å². The van der Waals surface area contributed by atoms with Gasteiger partial charge in [0.15, 0.2) is 18.2 Å². The van der Waals surface area contributed by atoms with Gasteiger partial charge in [-0.05, 0) is 43.5 Å². The maximum atomic E-state index is 13.4. The van der Waals surface area contributed by atoms with Crippen molar-refractivity contribution in [3.05, 3.63) is 47.4 Å². The number of carbonyl (C=O) groups is 2. The minimum Gasteiger partial charge on any atom is -0.484 e. The number of hydrogen-bond acceptors (Lipinski definition) is 5. The third-order valence-electron chi connectivity index (χ3n) is 5.57. The third kappa shape index (κ3) is 5.69. The Morgan fingerprint density at radius 3 is 1.89 bits per heavy atom. The average Bonchev–Trinajstić information content (AvgIpc) is 2.69. The summed E-state index contributed by atoms with van der Waals surface area (Å²) in [5, 5.41) is 3.17. The van der Waals surface area contributed by atoms with Crippen LogP contribution in [0, 0.1) is 5.82 Å². The minimum atomic E-state index is -9.88. The van der Waals surface area contributed by atoms with Crippen LogP contribution in [0.5, 0.6) is 11.5 Å². The number of nitrogens with one attached hydrogen (secondary N) is 2. The van der Waals surface area contributed by atoms with Gasteiger partial charge in [0.1, 0.15) is 17.3 Å². The van der Waals surface area contributed by atoms with Crippen LogP contribution in [0.25, 0.3) is 0 Å². The van der Waals surface area contributed by atoms with E-state index in [1.165, 1.54) is 12.1 Å². The number of amides is 2. The fourth-order valence-electron chi connectivity index (χ4n) is 4.26. The number of benzene rings is 1. The molecule has 2 bridgehead atoms. The highest BCUT2D eigenvalue weighted by molar-refractivity contribution is 8.45. The largest absolute Gasteiger partial charge is 0.484 e. The van der Waals surface area contributed by atoms with Crippen LogP contribution in [-0.4, -0.2) is 41.1 Å². The molecule has 3 saturated carbocycles. The molecule has 15 heteroatoms. The first kappa shape index (κ1) is 25.2. The Morgan fingerprint density at radius 1 is 0.914 bits per heavy atom. The zero-order chi connectivity index (χ0) is 25.8. The molecule has 1 heterocycles. The summed E-state index contributed by atoms with van der Waals surface area (Å²) in [4.78, 5) is 27.0. The Kier molecular flexibility index (Phi) is 5.45. The van der Waals surface area contributed by atoms with E-state index in [-0.39, 0.29) is 29.2 Å². The summed E-state index contributed by atoms with van der Waals surface area (Å²) >= 11 is 5.58. The quantitative estimate of drug-likeness (QED) is 0.438. The number of halogens is 7. The maximum absolute atomic E-state index is 13.4. The molecule has 0 saturated heterocycles. The lowest BCUT2D eigenvalue weighted by Crippen LogP contribution is -2.84. The lowest BCUT2D eigenvalue weighted by Gasteiger charge is -2.70. The topological polar surface area (TPSA) is 89.5 Å². The molecule has 0 aliphatic heterocycles. The lowest BCUT2D eigenvalue weighted by molar-refractivity contribution is -0.151. The number of nitrogens with zero attached hydrogens (tertiary/aromatic N) is 1. The molecule has 3 aliphatic carbocycles. The highest BCUT2D eigenvalue weighted by atomic mass is 35.5. The summed E-state index contributed by atoms with van der Waals surface area (Å²) in [5.74, 6) is -1.82. The van der Waals surface area contributed by atoms with Crippen LogP contribution < -0.4 is 20.1 Å². The van der Waals surface area contributed by atoms with Crippen LogP contribution in [-0.2, 0) is 9.59 Å². The second kappa shape index (κ2) is 7.56. The smallest absolute Gasteiger partial charge is 0.325 e. The number of pyridine rings is 1. The second-order valence-corrected chi connectivity index (χ2v) is 11.4. The van der Waals surface area contributed by atoms with E-state index in [0.717, 1.165) is 6.07 Å². The Balaban J connectivity index is 1.18. The number of carbonyl (C=O) groups excluding carboxylic acids is 2. The zero-order valence-electron chi connectivity index (χ0n) is 17.6. The fraction of sp³-hybridized carbons (Fsp3) is 0.350. The van der Waals surface area contributed by atoms with Crippen molar-refractivity contribution in [3.8, 4) is 11.5 Å². The van der Waals surface area contributed by atoms with Gasteiger partial charge >= 0.3 is 10.2 Å². The zero-order valence-corrected chi connectivity index (χ0v) is 19.2. The highest BCUT2D eigenvalue weighted by Gasteiger charge is 2.69. The molecule has 0 radical (unpaired) electrons. The van der Waals surface area contributed by atoms with Gasteiger partial charge < -0.3 is 20.1 Å². The molecule has 35 heavy (non-hydrogen) atoms. The molecule has 0 spiro atoms. The van der Waals surface area contributed by atoms with Gasteiger partial charge in [0.05, 0.1) is 11.2 Å². The SMILES string of the molecule is O=C(COc1ccc(S(F)(F)(F)(F)F)nc1)NC12CC(NC(=O)COc3ccc(Cl)c(F)c3)(C1)C2. The molecule has 3 aliphatic rings. The van der Waals surface area contributed by atoms with Gasteiger partial charge in [0.25, 0.3) is 11.8 Å². The Morgan fingerprint density at radius 2 is 1.43 bits per heavy atom. The molecule has 2 aromatic rings. The number of hydrogen-bond donors (Lipinski definition) is 2. The molecule has 1 aromatic heterocycles. The van der Waals surface area contributed by atoms with E-state index in [1.54, 1.807) is 0 Å². The average molecular weight is 546 g/mol. The standard InChI is InChI=1S/C20H18ClF6N3O4S/c21-14-3-1-12(5-15(14)22)33-7-16(31)29-19-9-20(10-19,11-19)30-17(32)8-34-13-2-4-18(28-6-13)35(23,24,25,26)27/h1-6H,7-11H2,(H,29,31)(H,30,32). The summed E-state index contributed by atoms with van der Waals surface area (Å²) in [7, 11) is -9.88. The maximum Gasteiger partial charge on any atom is 0.325 e. The van der Waals surface area contributed by atoms with E-state index >= 15 is 0 Å². The first-order valence-electron chi connectivity index (χ1n) is 10.00. The molecule has 0 unspecified atom stereocenters. The molecule has 1 aromatic carbocycles. The van der Waals surface area contributed by atoms with Gasteiger partial charge in [-0.2, -0.15) is 0 Å². The molecule has 192 valence electrons. The van der Waals surface area contributed by atoms with E-state index in [4.69, 9.17) is 21.1 Å². The fourth-order valence-corrected chi connectivity index (χ4v) is 4.96. The third-order valence-corrected chi connectivity index (χ3v) is 6.91. The van der Waals surface area contributed by atoms with Crippen molar-refractivity contribution in [1.82, 2.24) is 15.6 Å². The van der Waals surface area contributed by atoms with Gasteiger partial charge in [0.2, 0.25) is 0 Å². The van der Waals surface area contributed by atoms with Crippen molar-refractivity contribution in [1.29, 1.82) is 0 Å². The molecule has 0 atom stereocenters. The molecule has 7 nitrogen and oxygen atoms in total. The van der Waals surface area contributed by atoms with Crippen molar-refractivity contribution in [3.63, 3.8) is 0 Å². The van der Waals surface area contributed by atoms with E-state index in [9.17, 15) is 33.4 Å². The highest BCUT2D eigenvalue weighted by Crippen LogP contribution is 3.01. The van der Waals surface area contributed by atoms with Gasteiger partial charge in [-0.25, -0.2) is 9.37 Å². The van der Waals surface area contributed by atoms with Crippen LogP contribution in [0.1, 0.15) is 19.3 Å². The van der Waals surface area contributed by atoms with Crippen LogP contribution in [0.3, 0.4) is 0 Å². The predicted molar refractivity (Wildman–Crippen MR) is 114 cm³/mol. The van der Waals surface area contributed by atoms with Gasteiger partial charge in [0, 0.05) is 17.1 Å². The van der Waals surface area contributed by atoms with Gasteiger partial charge in [-0.3, -0.25) is 9.59 Å². The molecule has 3 fully saturated rings. The van der Waals surface area contributed by atoms with Crippen molar-refractivity contribution >= 4 is 33.6 Å². The van der Waals surface area contributed by atoms with E-state index in [2.05, 4.69) is 15.6 Å². The van der Waals surface area contributed by atoms with Crippen molar-refractivity contribution in [2.45, 2.75) is 35.4 Å². The summed E-state index contributed by atoms with van der Waals surface area (Å²) in [6.45, 7) is -0.908. The summed E-state index contributed by atoms with van der Waals surface area (Å²) in [6, 6.07) is 4.52. The molecule has 2 N–H and O–H groups in total. The molecular weight excluding hydrogens is 528 g/mol. The minimum absolute atomic E-state index is 0.0739. The van der Waals surface area contributed by atoms with Crippen molar-refractivity contribution in [2.24, 2.45) is 0 Å². The van der Waals surface area contributed by atoms with Gasteiger partial charge in [-0.1, -0.05) is 31.0 Å². The second-order valence-electron chi connectivity index (χ2n) is 8.64. The van der Waals surface area contributed by atoms with Gasteiger partial charge in [-0.15, -0.1) is 0 Å². The Hall–Kier alpha value is -2.87. The first-order valence-corrected chi connectivity index (χ1v) is 12.3. The van der Waals surface area contributed by atoms with Crippen LogP contribution in [0.4, 0.5) is 23.8 Å². The Labute approximate surface area is 199 Å². The van der Waals surface area contributed by atoms with Crippen molar-refractivity contribution < 1.29 is 42.9 Å². The van der Waals surface area contributed by atoms with E-state index in [0.29, 0.717) is 31.5 Å². The molecular formula is C20H18ClF6N3O4S. The number of aromatic nitrogens is 1. The number of ether oxygens (including phenoxy) is 2. The Bertz CT molecular complexity index is 1180. The van der Waals surface area contributed by atoms with E-state index < -0.39 is 50.6 Å². The number of rotatable bonds is 9. The molecule has 5 rings (SSSR count). The summed E-state index contributed by atoms with van der Waals surface area (Å²) in [5.41, 5.74) is -1.04. The predicted octanol–water partition coefficient (Wildman–Crippen LogP) is 4.90. The van der Waals surface area contributed by atoms with Crippen LogP contribution >= 0.6 is 21.8 Å². The first-order chi connectivity index (χ1) is 16.0. The summed E-state index contributed by atoms with van der Waals surface area (Å²) in [6.07, 6.45) is 1.82. The summed E-state index contributed by atoms with van der Waals surface area (Å²) < 4.78 is 87.0. The monoisotopic (exact) mass is 545 g/mol. The lowest BCUT2D eigenvalue weighted by atomic mass is 9.44. The van der Waals surface area contributed by atoms with Crippen molar-refractivity contribution in [2.75, 3.05) is 13.2 Å².